The van der Waals surface area contributed by atoms with Crippen LogP contribution in [0.2, 0.25) is 0 Å². The van der Waals surface area contributed by atoms with Gasteiger partial charge in [-0.3, -0.25) is 4.79 Å². The fourth-order valence-electron chi connectivity index (χ4n) is 1.43. The maximum atomic E-state index is 11.9. The van der Waals surface area contributed by atoms with Gasteiger partial charge in [0.2, 0.25) is 0 Å². The van der Waals surface area contributed by atoms with Crippen molar-refractivity contribution < 1.29 is 4.79 Å². The van der Waals surface area contributed by atoms with Crippen LogP contribution in [-0.2, 0) is 4.79 Å². The molecule has 19 heavy (non-hydrogen) atoms. The Morgan fingerprint density at radius 2 is 1.47 bits per heavy atom. The van der Waals surface area contributed by atoms with Crippen LogP contribution in [-0.4, -0.2) is 10.9 Å². The van der Waals surface area contributed by atoms with E-state index in [1.165, 1.54) is 0 Å². The molecule has 96 valence electrons. The Hall–Kier alpha value is -1.72. The smallest absolute Gasteiger partial charge is 0.283 e. The Morgan fingerprint density at radius 1 is 0.895 bits per heavy atom. The van der Waals surface area contributed by atoms with Crippen molar-refractivity contribution in [3.8, 4) is 0 Å². The van der Waals surface area contributed by atoms with Gasteiger partial charge in [-0.25, -0.2) is 0 Å². The molecule has 0 saturated heterocycles. The minimum atomic E-state index is -0.332. The Bertz CT molecular complexity index is 584. The second kappa shape index (κ2) is 6.45. The largest absolute Gasteiger partial charge is 0.342 e. The lowest BCUT2D eigenvalue weighted by Gasteiger charge is -2.08. The molecular formula is C14H11BrN2OS. The number of halogens is 1. The molecule has 1 amide bonds. The van der Waals surface area contributed by atoms with Crippen molar-refractivity contribution in [1.82, 2.24) is 0 Å². The predicted molar refractivity (Wildman–Crippen MR) is 85.4 cm³/mol. The number of hydrogen-bond donors (Lipinski definition) is 2. The fourth-order valence-corrected chi connectivity index (χ4v) is 1.86. The van der Waals surface area contributed by atoms with Gasteiger partial charge in [0.15, 0.2) is 4.99 Å². The van der Waals surface area contributed by atoms with Gasteiger partial charge in [-0.1, -0.05) is 46.3 Å². The molecule has 0 saturated carbocycles. The zero-order valence-electron chi connectivity index (χ0n) is 9.89. The number of hydrogen-bond acceptors (Lipinski definition) is 2. The van der Waals surface area contributed by atoms with Crippen molar-refractivity contribution in [2.45, 2.75) is 0 Å². The summed E-state index contributed by atoms with van der Waals surface area (Å²) in [4.78, 5) is 12.0. The molecule has 2 aromatic carbocycles. The lowest BCUT2D eigenvalue weighted by atomic mass is 10.3. The first kappa shape index (κ1) is 13.7. The van der Waals surface area contributed by atoms with Crippen molar-refractivity contribution in [2.75, 3.05) is 10.6 Å². The molecule has 0 radical (unpaired) electrons. The number of carbonyl (C=O) groups excluding carboxylic acids is 1. The van der Waals surface area contributed by atoms with Crippen LogP contribution < -0.4 is 10.6 Å². The van der Waals surface area contributed by atoms with Gasteiger partial charge in [0.25, 0.3) is 5.91 Å². The van der Waals surface area contributed by atoms with Gasteiger partial charge in [-0.2, -0.15) is 0 Å². The summed E-state index contributed by atoms with van der Waals surface area (Å²) in [5.74, 6) is -0.332. The number of rotatable bonds is 2. The van der Waals surface area contributed by atoms with Crippen LogP contribution in [0.4, 0.5) is 11.4 Å². The third-order valence-electron chi connectivity index (χ3n) is 2.34. The SMILES string of the molecule is O=C(Nc1ccc(Br)cc1)C(=S)Nc1ccccc1. The molecule has 0 unspecified atom stereocenters. The number of amides is 1. The minimum Gasteiger partial charge on any atom is -0.342 e. The standard InChI is InChI=1S/C14H11BrN2OS/c15-10-6-8-12(9-7-10)16-13(18)14(19)17-11-4-2-1-3-5-11/h1-9H,(H,16,18)(H,17,19). The summed E-state index contributed by atoms with van der Waals surface area (Å²) in [5.41, 5.74) is 1.49. The van der Waals surface area contributed by atoms with E-state index >= 15 is 0 Å². The summed E-state index contributed by atoms with van der Waals surface area (Å²) in [7, 11) is 0. The Balaban J connectivity index is 1.96. The number of thiocarbonyl (C=S) groups is 1. The molecule has 3 nitrogen and oxygen atoms in total. The Labute approximate surface area is 125 Å². The normalized spacial score (nSPS) is 9.74. The third kappa shape index (κ3) is 4.15. The van der Waals surface area contributed by atoms with E-state index in [9.17, 15) is 4.79 Å². The molecule has 2 N–H and O–H groups in total. The summed E-state index contributed by atoms with van der Waals surface area (Å²) in [6.45, 7) is 0. The van der Waals surface area contributed by atoms with Crippen LogP contribution in [0.3, 0.4) is 0 Å². The molecule has 0 atom stereocenters. The summed E-state index contributed by atoms with van der Waals surface area (Å²) in [5, 5.41) is 5.61. The van der Waals surface area contributed by atoms with Crippen LogP contribution in [0.15, 0.2) is 59.1 Å². The molecule has 0 aromatic heterocycles. The van der Waals surface area contributed by atoms with Crippen LogP contribution in [0.25, 0.3) is 0 Å². The van der Waals surface area contributed by atoms with Crippen molar-refractivity contribution in [2.24, 2.45) is 0 Å². The Morgan fingerprint density at radius 3 is 2.11 bits per heavy atom. The number of benzene rings is 2. The quantitative estimate of drug-likeness (QED) is 0.820. The zero-order valence-corrected chi connectivity index (χ0v) is 12.3. The maximum absolute atomic E-state index is 11.9. The van der Waals surface area contributed by atoms with Crippen molar-refractivity contribution in [3.05, 3.63) is 59.1 Å². The van der Waals surface area contributed by atoms with E-state index in [-0.39, 0.29) is 10.9 Å². The molecule has 0 aliphatic carbocycles. The molecule has 0 fully saturated rings. The van der Waals surface area contributed by atoms with E-state index in [1.54, 1.807) is 12.1 Å². The molecule has 0 aliphatic heterocycles. The summed E-state index contributed by atoms with van der Waals surface area (Å²) >= 11 is 8.39. The highest BCUT2D eigenvalue weighted by Crippen LogP contribution is 2.14. The van der Waals surface area contributed by atoms with Gasteiger partial charge >= 0.3 is 0 Å². The monoisotopic (exact) mass is 334 g/mol. The van der Waals surface area contributed by atoms with Gasteiger partial charge in [-0.05, 0) is 36.4 Å². The van der Waals surface area contributed by atoms with E-state index in [4.69, 9.17) is 12.2 Å². The molecule has 0 bridgehead atoms. The van der Waals surface area contributed by atoms with E-state index < -0.39 is 0 Å². The number of para-hydroxylation sites is 1. The highest BCUT2D eigenvalue weighted by molar-refractivity contribution is 9.10. The number of anilines is 2. The van der Waals surface area contributed by atoms with Crippen molar-refractivity contribution >= 4 is 50.4 Å². The van der Waals surface area contributed by atoms with Crippen LogP contribution in [0.5, 0.6) is 0 Å². The molecular weight excluding hydrogens is 324 g/mol. The van der Waals surface area contributed by atoms with Gasteiger partial charge in [-0.15, -0.1) is 0 Å². The van der Waals surface area contributed by atoms with Crippen LogP contribution in [0, 0.1) is 0 Å². The Kier molecular flexibility index (Phi) is 4.65. The first-order valence-corrected chi connectivity index (χ1v) is 6.78. The summed E-state index contributed by atoms with van der Waals surface area (Å²) in [6, 6.07) is 16.6. The number of nitrogens with one attached hydrogen (secondary N) is 2. The summed E-state index contributed by atoms with van der Waals surface area (Å²) < 4.78 is 0.954. The third-order valence-corrected chi connectivity index (χ3v) is 3.16. The molecule has 0 heterocycles. The minimum absolute atomic E-state index is 0.133. The first-order valence-electron chi connectivity index (χ1n) is 5.58. The maximum Gasteiger partial charge on any atom is 0.283 e. The molecule has 5 heteroatoms. The highest BCUT2D eigenvalue weighted by atomic mass is 79.9. The van der Waals surface area contributed by atoms with E-state index in [1.807, 2.05) is 42.5 Å². The van der Waals surface area contributed by atoms with E-state index in [0.717, 1.165) is 10.2 Å². The van der Waals surface area contributed by atoms with Gasteiger partial charge < -0.3 is 10.6 Å². The topological polar surface area (TPSA) is 41.1 Å². The van der Waals surface area contributed by atoms with Gasteiger partial charge in [0.1, 0.15) is 0 Å². The van der Waals surface area contributed by atoms with Crippen LogP contribution in [0.1, 0.15) is 0 Å². The van der Waals surface area contributed by atoms with Crippen molar-refractivity contribution in [1.29, 1.82) is 0 Å². The van der Waals surface area contributed by atoms with Crippen molar-refractivity contribution in [3.63, 3.8) is 0 Å². The fraction of sp³-hybridized carbons (Fsp3) is 0. The zero-order chi connectivity index (χ0) is 13.7. The lowest BCUT2D eigenvalue weighted by Crippen LogP contribution is -2.27. The summed E-state index contributed by atoms with van der Waals surface area (Å²) in [6.07, 6.45) is 0. The highest BCUT2D eigenvalue weighted by Gasteiger charge is 2.09. The van der Waals surface area contributed by atoms with Crippen LogP contribution >= 0.6 is 28.1 Å². The average Bonchev–Trinajstić information content (AvgIpc) is 2.42. The molecule has 2 aromatic rings. The second-order valence-corrected chi connectivity index (χ2v) is 5.11. The predicted octanol–water partition coefficient (Wildman–Crippen LogP) is 3.83. The van der Waals surface area contributed by atoms with E-state index in [2.05, 4.69) is 26.6 Å². The van der Waals surface area contributed by atoms with E-state index in [0.29, 0.717) is 5.69 Å². The first-order chi connectivity index (χ1) is 9.15. The number of carbonyl (C=O) groups is 1. The second-order valence-electron chi connectivity index (χ2n) is 3.78. The molecule has 2 rings (SSSR count). The lowest BCUT2D eigenvalue weighted by molar-refractivity contribution is -0.110. The van der Waals surface area contributed by atoms with Gasteiger partial charge in [0, 0.05) is 15.8 Å². The molecule has 0 spiro atoms. The average molecular weight is 335 g/mol. The van der Waals surface area contributed by atoms with Gasteiger partial charge in [0.05, 0.1) is 0 Å². The molecule has 0 aliphatic rings.